The second-order valence-electron chi connectivity index (χ2n) is 5.84. The van der Waals surface area contributed by atoms with E-state index in [1.54, 1.807) is 0 Å². The molecule has 0 aromatic heterocycles. The Kier molecular flexibility index (Phi) is 5.74. The summed E-state index contributed by atoms with van der Waals surface area (Å²) >= 11 is 0. The number of benzene rings is 2. The summed E-state index contributed by atoms with van der Waals surface area (Å²) < 4.78 is 12.0. The van der Waals surface area contributed by atoms with Crippen molar-refractivity contribution in [2.45, 2.75) is 46.3 Å². The molecule has 0 heterocycles. The molecule has 0 fully saturated rings. The van der Waals surface area contributed by atoms with Gasteiger partial charge in [0.2, 0.25) is 6.29 Å². The summed E-state index contributed by atoms with van der Waals surface area (Å²) in [7, 11) is 0. The molecule has 0 amide bonds. The first-order chi connectivity index (χ1) is 11.0. The molecule has 23 heavy (non-hydrogen) atoms. The van der Waals surface area contributed by atoms with Gasteiger partial charge in [0, 0.05) is 17.8 Å². The smallest absolute Gasteiger partial charge is 0.241 e. The van der Waals surface area contributed by atoms with Crippen molar-refractivity contribution < 1.29 is 9.47 Å². The Morgan fingerprint density at radius 2 is 1.35 bits per heavy atom. The molecule has 4 N–H and O–H groups in total. The average Bonchev–Trinajstić information content (AvgIpc) is 2.52. The van der Waals surface area contributed by atoms with Gasteiger partial charge in [-0.05, 0) is 67.8 Å². The van der Waals surface area contributed by atoms with Crippen LogP contribution in [0.25, 0.3) is 0 Å². The number of aryl methyl sites for hydroxylation is 2. The van der Waals surface area contributed by atoms with Crippen LogP contribution in [0.15, 0.2) is 36.4 Å². The van der Waals surface area contributed by atoms with Crippen molar-refractivity contribution in [2.75, 3.05) is 11.5 Å². The molecule has 0 atom stereocenters. The molecule has 0 saturated carbocycles. The van der Waals surface area contributed by atoms with Crippen molar-refractivity contribution in [3.8, 4) is 11.5 Å². The van der Waals surface area contributed by atoms with Gasteiger partial charge in [-0.25, -0.2) is 0 Å². The maximum atomic E-state index is 6.02. The van der Waals surface area contributed by atoms with Gasteiger partial charge in [-0.3, -0.25) is 0 Å². The van der Waals surface area contributed by atoms with Gasteiger partial charge in [0.15, 0.2) is 0 Å². The lowest BCUT2D eigenvalue weighted by Crippen LogP contribution is -2.24. The summed E-state index contributed by atoms with van der Waals surface area (Å²) in [5.41, 5.74) is 15.2. The van der Waals surface area contributed by atoms with Crippen LogP contribution in [-0.4, -0.2) is 6.29 Å². The van der Waals surface area contributed by atoms with Gasteiger partial charge in [-0.2, -0.15) is 0 Å². The van der Waals surface area contributed by atoms with Crippen LogP contribution in [0.1, 0.15) is 37.3 Å². The number of hydrogen-bond acceptors (Lipinski definition) is 4. The summed E-state index contributed by atoms with van der Waals surface area (Å²) in [4.78, 5) is 0. The monoisotopic (exact) mass is 314 g/mol. The minimum atomic E-state index is -0.332. The maximum absolute atomic E-state index is 6.02. The van der Waals surface area contributed by atoms with E-state index in [4.69, 9.17) is 20.9 Å². The van der Waals surface area contributed by atoms with Gasteiger partial charge in [-0.15, -0.1) is 0 Å². The number of unbranched alkanes of at least 4 members (excludes halogenated alkanes) is 1. The minimum absolute atomic E-state index is 0.332. The highest BCUT2D eigenvalue weighted by molar-refractivity contribution is 5.50. The topological polar surface area (TPSA) is 70.5 Å². The number of nitrogen functional groups attached to an aromatic ring is 2. The van der Waals surface area contributed by atoms with Gasteiger partial charge in [0.1, 0.15) is 11.5 Å². The maximum Gasteiger partial charge on any atom is 0.241 e. The van der Waals surface area contributed by atoms with Crippen LogP contribution in [0, 0.1) is 13.8 Å². The van der Waals surface area contributed by atoms with Crippen molar-refractivity contribution in [3.63, 3.8) is 0 Å². The van der Waals surface area contributed by atoms with Crippen molar-refractivity contribution in [2.24, 2.45) is 0 Å². The van der Waals surface area contributed by atoms with Gasteiger partial charge in [-0.1, -0.05) is 13.3 Å². The Labute approximate surface area is 138 Å². The fourth-order valence-electron chi connectivity index (χ4n) is 2.26. The highest BCUT2D eigenvalue weighted by Crippen LogP contribution is 2.24. The zero-order valence-electron chi connectivity index (χ0n) is 14.1. The second-order valence-corrected chi connectivity index (χ2v) is 5.84. The first-order valence-corrected chi connectivity index (χ1v) is 8.05. The molecule has 0 radical (unpaired) electrons. The molecule has 2 aromatic rings. The number of ether oxygens (including phenoxy) is 2. The summed E-state index contributed by atoms with van der Waals surface area (Å²) in [6.45, 7) is 6.08. The highest BCUT2D eigenvalue weighted by Gasteiger charge is 2.13. The number of anilines is 2. The fraction of sp³-hybridized carbons (Fsp3) is 0.368. The van der Waals surface area contributed by atoms with Gasteiger partial charge in [0.05, 0.1) is 0 Å². The standard InChI is InChI=1S/C19H26N2O2/c1-4-5-6-19(22-15-7-9-17(20)13(2)11-15)23-16-8-10-18(21)14(3)12-16/h7-12,19H,4-6,20-21H2,1-3H3. The Morgan fingerprint density at radius 1 is 0.870 bits per heavy atom. The molecule has 2 aromatic carbocycles. The van der Waals surface area contributed by atoms with Gasteiger partial charge >= 0.3 is 0 Å². The normalized spacial score (nSPS) is 10.8. The predicted octanol–water partition coefficient (Wildman–Crippen LogP) is 4.44. The Hall–Kier alpha value is -2.36. The van der Waals surface area contributed by atoms with E-state index in [-0.39, 0.29) is 6.29 Å². The van der Waals surface area contributed by atoms with E-state index in [0.29, 0.717) is 0 Å². The van der Waals surface area contributed by atoms with E-state index in [9.17, 15) is 0 Å². The lowest BCUT2D eigenvalue weighted by Gasteiger charge is -2.21. The van der Waals surface area contributed by atoms with Crippen molar-refractivity contribution in [3.05, 3.63) is 47.5 Å². The first-order valence-electron chi connectivity index (χ1n) is 8.05. The zero-order valence-corrected chi connectivity index (χ0v) is 14.1. The quantitative estimate of drug-likeness (QED) is 0.585. The lowest BCUT2D eigenvalue weighted by atomic mass is 10.2. The van der Waals surface area contributed by atoms with E-state index < -0.39 is 0 Å². The summed E-state index contributed by atoms with van der Waals surface area (Å²) in [5.74, 6) is 1.54. The third-order valence-corrected chi connectivity index (χ3v) is 3.81. The first kappa shape index (κ1) is 17.0. The SMILES string of the molecule is CCCCC(Oc1ccc(N)c(C)c1)Oc1ccc(N)c(C)c1. The molecule has 0 aliphatic carbocycles. The Bertz CT molecular complexity index is 602. The molecule has 2 rings (SSSR count). The molecule has 124 valence electrons. The van der Waals surface area contributed by atoms with Crippen LogP contribution in [0.4, 0.5) is 11.4 Å². The molecule has 0 saturated heterocycles. The van der Waals surface area contributed by atoms with E-state index in [0.717, 1.165) is 53.3 Å². The number of hydrogen-bond donors (Lipinski definition) is 2. The molecule has 4 heteroatoms. The van der Waals surface area contributed by atoms with Crippen LogP contribution in [0.5, 0.6) is 11.5 Å². The zero-order chi connectivity index (χ0) is 16.8. The summed E-state index contributed by atoms with van der Waals surface area (Å²) in [6.07, 6.45) is 2.61. The second kappa shape index (κ2) is 7.77. The fourth-order valence-corrected chi connectivity index (χ4v) is 2.26. The van der Waals surface area contributed by atoms with E-state index in [2.05, 4.69) is 6.92 Å². The molecule has 0 unspecified atom stereocenters. The van der Waals surface area contributed by atoms with Crippen molar-refractivity contribution >= 4 is 11.4 Å². The molecular formula is C19H26N2O2. The molecule has 0 aliphatic rings. The predicted molar refractivity (Wildman–Crippen MR) is 95.8 cm³/mol. The minimum Gasteiger partial charge on any atom is -0.455 e. The third-order valence-electron chi connectivity index (χ3n) is 3.81. The van der Waals surface area contributed by atoms with Crippen LogP contribution in [-0.2, 0) is 0 Å². The third kappa shape index (κ3) is 4.81. The highest BCUT2D eigenvalue weighted by atomic mass is 16.7. The van der Waals surface area contributed by atoms with Crippen LogP contribution in [0.2, 0.25) is 0 Å². The lowest BCUT2D eigenvalue weighted by molar-refractivity contribution is -0.00215. The van der Waals surface area contributed by atoms with E-state index in [1.165, 1.54) is 0 Å². The molecule has 4 nitrogen and oxygen atoms in total. The van der Waals surface area contributed by atoms with Gasteiger partial charge in [0.25, 0.3) is 0 Å². The van der Waals surface area contributed by atoms with E-state index in [1.807, 2.05) is 50.2 Å². The van der Waals surface area contributed by atoms with Gasteiger partial charge < -0.3 is 20.9 Å². The van der Waals surface area contributed by atoms with Crippen LogP contribution >= 0.6 is 0 Å². The van der Waals surface area contributed by atoms with Crippen LogP contribution < -0.4 is 20.9 Å². The largest absolute Gasteiger partial charge is 0.455 e. The molecular weight excluding hydrogens is 288 g/mol. The number of rotatable bonds is 7. The Balaban J connectivity index is 2.12. The summed E-state index contributed by atoms with van der Waals surface area (Å²) in [6, 6.07) is 11.3. The van der Waals surface area contributed by atoms with Crippen molar-refractivity contribution in [1.29, 1.82) is 0 Å². The van der Waals surface area contributed by atoms with E-state index >= 15 is 0 Å². The average molecular weight is 314 g/mol. The summed E-state index contributed by atoms with van der Waals surface area (Å²) in [5, 5.41) is 0. The molecule has 0 spiro atoms. The Morgan fingerprint density at radius 3 is 1.74 bits per heavy atom. The van der Waals surface area contributed by atoms with Crippen molar-refractivity contribution in [1.82, 2.24) is 0 Å². The molecule has 0 bridgehead atoms. The number of nitrogens with two attached hydrogens (primary N) is 2. The molecule has 0 aliphatic heterocycles. The van der Waals surface area contributed by atoms with Crippen LogP contribution in [0.3, 0.4) is 0 Å².